The molecule has 172 valence electrons. The SMILES string of the molecule is CCCCC(=O)n1c(C=O)c(CCC)n(Cc2ccc(-c3ccccc3C(=O)O)cc2)c1=O. The Morgan fingerprint density at radius 2 is 1.70 bits per heavy atom. The Balaban J connectivity index is 1.99. The Morgan fingerprint density at radius 1 is 1.00 bits per heavy atom. The molecule has 1 heterocycles. The highest BCUT2D eigenvalue weighted by Gasteiger charge is 2.23. The number of aromatic nitrogens is 2. The van der Waals surface area contributed by atoms with Crippen molar-refractivity contribution in [1.82, 2.24) is 9.13 Å². The molecule has 0 unspecified atom stereocenters. The molecule has 3 rings (SSSR count). The molecular formula is C26H28N2O5. The third-order valence-electron chi connectivity index (χ3n) is 5.64. The van der Waals surface area contributed by atoms with E-state index in [0.29, 0.717) is 30.4 Å². The van der Waals surface area contributed by atoms with Gasteiger partial charge in [0.2, 0.25) is 5.91 Å². The highest BCUT2D eigenvalue weighted by atomic mass is 16.4. The number of imidazole rings is 1. The van der Waals surface area contributed by atoms with E-state index < -0.39 is 11.7 Å². The van der Waals surface area contributed by atoms with Gasteiger partial charge in [-0.15, -0.1) is 0 Å². The van der Waals surface area contributed by atoms with Gasteiger partial charge in [0.1, 0.15) is 5.69 Å². The van der Waals surface area contributed by atoms with E-state index >= 15 is 0 Å². The number of carboxylic acids is 1. The number of carbonyl (C=O) groups excluding carboxylic acids is 2. The van der Waals surface area contributed by atoms with Crippen molar-refractivity contribution in [3.63, 3.8) is 0 Å². The summed E-state index contributed by atoms with van der Waals surface area (Å²) in [6.45, 7) is 4.13. The average molecular weight is 449 g/mol. The van der Waals surface area contributed by atoms with Gasteiger partial charge in [-0.2, -0.15) is 0 Å². The third-order valence-corrected chi connectivity index (χ3v) is 5.64. The van der Waals surface area contributed by atoms with Crippen molar-refractivity contribution in [3.8, 4) is 11.1 Å². The van der Waals surface area contributed by atoms with Crippen molar-refractivity contribution in [1.29, 1.82) is 0 Å². The summed E-state index contributed by atoms with van der Waals surface area (Å²) in [6.07, 6.45) is 3.50. The predicted octanol–water partition coefficient (Wildman–Crippen LogP) is 4.66. The van der Waals surface area contributed by atoms with Gasteiger partial charge in [-0.05, 0) is 35.6 Å². The van der Waals surface area contributed by atoms with Gasteiger partial charge in [-0.1, -0.05) is 69.2 Å². The topological polar surface area (TPSA) is 98.4 Å². The van der Waals surface area contributed by atoms with Crippen LogP contribution in [0.3, 0.4) is 0 Å². The van der Waals surface area contributed by atoms with E-state index in [2.05, 4.69) is 0 Å². The summed E-state index contributed by atoms with van der Waals surface area (Å²) in [5.41, 5.74) is 2.57. The number of aldehydes is 1. The molecule has 0 aliphatic carbocycles. The molecule has 0 amide bonds. The van der Waals surface area contributed by atoms with E-state index in [9.17, 15) is 24.3 Å². The predicted molar refractivity (Wildman–Crippen MR) is 126 cm³/mol. The summed E-state index contributed by atoms with van der Waals surface area (Å²) >= 11 is 0. The molecule has 0 bridgehead atoms. The quantitative estimate of drug-likeness (QED) is 0.455. The van der Waals surface area contributed by atoms with Crippen LogP contribution in [0.4, 0.5) is 0 Å². The second-order valence-electron chi connectivity index (χ2n) is 7.95. The van der Waals surface area contributed by atoms with Gasteiger partial charge in [0.15, 0.2) is 6.29 Å². The Morgan fingerprint density at radius 3 is 2.30 bits per heavy atom. The van der Waals surface area contributed by atoms with E-state index in [1.165, 1.54) is 4.57 Å². The first kappa shape index (κ1) is 23.9. The van der Waals surface area contributed by atoms with Crippen LogP contribution in [0, 0.1) is 0 Å². The fourth-order valence-electron chi connectivity index (χ4n) is 3.96. The molecular weight excluding hydrogens is 420 g/mol. The summed E-state index contributed by atoms with van der Waals surface area (Å²) in [4.78, 5) is 49.2. The average Bonchev–Trinajstić information content (AvgIpc) is 3.08. The van der Waals surface area contributed by atoms with Gasteiger partial charge in [-0.3, -0.25) is 14.2 Å². The van der Waals surface area contributed by atoms with Gasteiger partial charge in [-0.25, -0.2) is 14.2 Å². The number of unbranched alkanes of at least 4 members (excludes halogenated alkanes) is 1. The van der Waals surface area contributed by atoms with E-state index in [4.69, 9.17) is 0 Å². The van der Waals surface area contributed by atoms with Gasteiger partial charge in [0.05, 0.1) is 17.8 Å². The van der Waals surface area contributed by atoms with Crippen molar-refractivity contribution in [2.24, 2.45) is 0 Å². The zero-order valence-corrected chi connectivity index (χ0v) is 18.9. The molecule has 0 radical (unpaired) electrons. The molecule has 7 nitrogen and oxygen atoms in total. The first-order valence-electron chi connectivity index (χ1n) is 11.2. The smallest absolute Gasteiger partial charge is 0.336 e. The van der Waals surface area contributed by atoms with E-state index in [-0.39, 0.29) is 30.1 Å². The maximum absolute atomic E-state index is 13.1. The van der Waals surface area contributed by atoms with E-state index in [0.717, 1.165) is 28.5 Å². The lowest BCUT2D eigenvalue weighted by molar-refractivity contribution is 0.0697. The number of rotatable bonds is 10. The highest BCUT2D eigenvalue weighted by molar-refractivity contribution is 5.96. The van der Waals surface area contributed by atoms with Gasteiger partial charge < -0.3 is 5.11 Å². The second-order valence-corrected chi connectivity index (χ2v) is 7.95. The monoisotopic (exact) mass is 448 g/mol. The minimum atomic E-state index is -0.999. The second kappa shape index (κ2) is 10.7. The normalized spacial score (nSPS) is 10.8. The summed E-state index contributed by atoms with van der Waals surface area (Å²) in [7, 11) is 0. The third kappa shape index (κ3) is 5.03. The standard InChI is InChI=1S/C26H28N2O5/c1-3-5-11-24(30)28-23(17-29)22(8-4-2)27(26(28)33)16-18-12-14-19(15-13-18)20-9-6-7-10-21(20)25(31)32/h6-7,9-10,12-15,17H,3-5,8,11,16H2,1-2H3,(H,31,32). The highest BCUT2D eigenvalue weighted by Crippen LogP contribution is 2.24. The fourth-order valence-corrected chi connectivity index (χ4v) is 3.96. The van der Waals surface area contributed by atoms with E-state index in [1.54, 1.807) is 24.3 Å². The minimum absolute atomic E-state index is 0.134. The summed E-state index contributed by atoms with van der Waals surface area (Å²) in [6, 6.07) is 14.0. The maximum Gasteiger partial charge on any atom is 0.336 e. The molecule has 0 fully saturated rings. The lowest BCUT2D eigenvalue weighted by Gasteiger charge is -2.10. The molecule has 0 saturated carbocycles. The van der Waals surface area contributed by atoms with Crippen molar-refractivity contribution < 1.29 is 19.5 Å². The molecule has 0 aliphatic rings. The number of nitrogens with zero attached hydrogens (tertiary/aromatic N) is 2. The Bertz CT molecular complexity index is 1220. The van der Waals surface area contributed by atoms with Crippen LogP contribution in [0.25, 0.3) is 11.1 Å². The number of hydrogen-bond donors (Lipinski definition) is 1. The Hall–Kier alpha value is -3.74. The molecule has 1 N–H and O–H groups in total. The molecule has 33 heavy (non-hydrogen) atoms. The first-order valence-corrected chi connectivity index (χ1v) is 11.2. The fraction of sp³-hybridized carbons (Fsp3) is 0.308. The number of carboxylic acid groups (broad SMARTS) is 1. The van der Waals surface area contributed by atoms with Crippen LogP contribution in [-0.4, -0.2) is 32.4 Å². The number of carbonyl (C=O) groups is 3. The van der Waals surface area contributed by atoms with Crippen LogP contribution >= 0.6 is 0 Å². The summed E-state index contributed by atoms with van der Waals surface area (Å²) in [5.74, 6) is -1.36. The largest absolute Gasteiger partial charge is 0.478 e. The van der Waals surface area contributed by atoms with Crippen LogP contribution < -0.4 is 5.69 Å². The van der Waals surface area contributed by atoms with Crippen molar-refractivity contribution in [3.05, 3.63) is 81.5 Å². The van der Waals surface area contributed by atoms with Gasteiger partial charge >= 0.3 is 11.7 Å². The zero-order valence-electron chi connectivity index (χ0n) is 18.9. The zero-order chi connectivity index (χ0) is 24.0. The molecule has 1 aromatic heterocycles. The molecule has 2 aromatic carbocycles. The summed E-state index contributed by atoms with van der Waals surface area (Å²) < 4.78 is 2.52. The lowest BCUT2D eigenvalue weighted by Crippen LogP contribution is -2.30. The van der Waals surface area contributed by atoms with Crippen LogP contribution in [0.1, 0.15) is 76.4 Å². The molecule has 0 atom stereocenters. The summed E-state index contributed by atoms with van der Waals surface area (Å²) in [5, 5.41) is 9.44. The molecule has 0 aliphatic heterocycles. The van der Waals surface area contributed by atoms with Crippen LogP contribution in [0.2, 0.25) is 0 Å². The van der Waals surface area contributed by atoms with Crippen LogP contribution in [-0.2, 0) is 13.0 Å². The first-order chi connectivity index (χ1) is 15.9. The molecule has 3 aromatic rings. The van der Waals surface area contributed by atoms with Gasteiger partial charge in [0, 0.05) is 6.42 Å². The number of benzene rings is 2. The van der Waals surface area contributed by atoms with E-state index in [1.807, 2.05) is 38.1 Å². The van der Waals surface area contributed by atoms with Crippen LogP contribution in [0.15, 0.2) is 53.3 Å². The molecule has 0 saturated heterocycles. The lowest BCUT2D eigenvalue weighted by atomic mass is 9.99. The molecule has 7 heteroatoms. The molecule has 0 spiro atoms. The Kier molecular flexibility index (Phi) is 7.77. The maximum atomic E-state index is 13.1. The minimum Gasteiger partial charge on any atom is -0.478 e. The van der Waals surface area contributed by atoms with Crippen molar-refractivity contribution in [2.45, 2.75) is 52.5 Å². The van der Waals surface area contributed by atoms with Crippen molar-refractivity contribution in [2.75, 3.05) is 0 Å². The number of hydrogen-bond acceptors (Lipinski definition) is 4. The van der Waals surface area contributed by atoms with Gasteiger partial charge in [0.25, 0.3) is 0 Å². The Labute approximate surface area is 192 Å². The van der Waals surface area contributed by atoms with Crippen LogP contribution in [0.5, 0.6) is 0 Å². The number of aromatic carboxylic acids is 1. The van der Waals surface area contributed by atoms with Crippen molar-refractivity contribution >= 4 is 18.2 Å².